The van der Waals surface area contributed by atoms with Gasteiger partial charge in [-0.05, 0) is 37.8 Å². The van der Waals surface area contributed by atoms with Gasteiger partial charge in [-0.2, -0.15) is 13.2 Å². The third kappa shape index (κ3) is 4.56. The first kappa shape index (κ1) is 19.1. The second-order valence-electron chi connectivity index (χ2n) is 6.85. The molecule has 27 heavy (non-hydrogen) atoms. The van der Waals surface area contributed by atoms with E-state index in [1.807, 2.05) is 0 Å². The first-order chi connectivity index (χ1) is 12.7. The van der Waals surface area contributed by atoms with E-state index in [-0.39, 0.29) is 11.4 Å². The average molecular weight is 378 g/mol. The number of nitrogens with one attached hydrogen (secondary N) is 1. The topological polar surface area (TPSA) is 58.1 Å². The molecule has 1 aromatic carbocycles. The first-order valence-corrected chi connectivity index (χ1v) is 8.82. The highest BCUT2D eigenvalue weighted by atomic mass is 19.4. The van der Waals surface area contributed by atoms with Crippen molar-refractivity contribution in [2.24, 2.45) is 5.92 Å². The Morgan fingerprint density at radius 3 is 2.70 bits per heavy atom. The Morgan fingerprint density at radius 1 is 1.26 bits per heavy atom. The number of nitrogens with zero attached hydrogens (tertiary/aromatic N) is 3. The van der Waals surface area contributed by atoms with E-state index in [2.05, 4.69) is 27.1 Å². The lowest BCUT2D eigenvalue weighted by Crippen LogP contribution is -2.35. The van der Waals surface area contributed by atoms with Crippen molar-refractivity contribution in [1.29, 1.82) is 0 Å². The molecule has 1 atom stereocenters. The van der Waals surface area contributed by atoms with E-state index in [0.29, 0.717) is 17.6 Å². The first-order valence-electron chi connectivity index (χ1n) is 8.82. The summed E-state index contributed by atoms with van der Waals surface area (Å²) in [6, 6.07) is 6.42. The molecule has 1 saturated heterocycles. The average Bonchev–Trinajstić information content (AvgIpc) is 2.60. The minimum Gasteiger partial charge on any atom is -0.356 e. The van der Waals surface area contributed by atoms with Gasteiger partial charge in [-0.1, -0.05) is 19.1 Å². The highest BCUT2D eigenvalue weighted by Gasteiger charge is 2.33. The molecule has 1 amide bonds. The van der Waals surface area contributed by atoms with Crippen LogP contribution in [0.2, 0.25) is 0 Å². The fourth-order valence-corrected chi connectivity index (χ4v) is 3.25. The van der Waals surface area contributed by atoms with Gasteiger partial charge in [-0.15, -0.1) is 0 Å². The summed E-state index contributed by atoms with van der Waals surface area (Å²) in [5.41, 5.74) is -1.14. The minimum absolute atomic E-state index is 0.0488. The van der Waals surface area contributed by atoms with Gasteiger partial charge in [0.1, 0.15) is 17.3 Å². The van der Waals surface area contributed by atoms with E-state index in [0.717, 1.165) is 32.0 Å². The summed E-state index contributed by atoms with van der Waals surface area (Å²) in [7, 11) is 0. The summed E-state index contributed by atoms with van der Waals surface area (Å²) in [5.74, 6) is 0.858. The van der Waals surface area contributed by atoms with Crippen LogP contribution in [0.25, 0.3) is 0 Å². The molecule has 2 aromatic rings. The zero-order valence-corrected chi connectivity index (χ0v) is 15.2. The summed E-state index contributed by atoms with van der Waals surface area (Å²) in [5, 5.41) is 2.33. The summed E-state index contributed by atoms with van der Waals surface area (Å²) < 4.78 is 39.4. The van der Waals surface area contributed by atoms with Crippen LogP contribution in [0.4, 0.5) is 24.7 Å². The summed E-state index contributed by atoms with van der Waals surface area (Å²) in [6.45, 7) is 5.48. The van der Waals surface area contributed by atoms with Gasteiger partial charge in [0.15, 0.2) is 0 Å². The Kier molecular flexibility index (Phi) is 5.34. The predicted octanol–water partition coefficient (Wildman–Crippen LogP) is 4.29. The zero-order chi connectivity index (χ0) is 19.6. The van der Waals surface area contributed by atoms with Crippen molar-refractivity contribution in [3.8, 4) is 0 Å². The second kappa shape index (κ2) is 7.54. The zero-order valence-electron chi connectivity index (χ0n) is 15.2. The molecule has 1 aliphatic rings. The largest absolute Gasteiger partial charge is 0.418 e. The molecular formula is C19H21F3N4O. The molecule has 0 spiro atoms. The van der Waals surface area contributed by atoms with Crippen molar-refractivity contribution < 1.29 is 18.0 Å². The lowest BCUT2D eigenvalue weighted by Gasteiger charge is -2.32. The van der Waals surface area contributed by atoms with Crippen LogP contribution in [0.15, 0.2) is 30.3 Å². The molecule has 1 fully saturated rings. The van der Waals surface area contributed by atoms with Crippen molar-refractivity contribution >= 4 is 17.4 Å². The normalized spacial score (nSPS) is 17.7. The van der Waals surface area contributed by atoms with Gasteiger partial charge in [0.2, 0.25) is 0 Å². The molecule has 0 aliphatic carbocycles. The van der Waals surface area contributed by atoms with Crippen LogP contribution < -0.4 is 10.2 Å². The molecule has 8 heteroatoms. The molecular weight excluding hydrogens is 357 g/mol. The number of amides is 1. The lowest BCUT2D eigenvalue weighted by molar-refractivity contribution is -0.136. The third-order valence-corrected chi connectivity index (χ3v) is 4.52. The van der Waals surface area contributed by atoms with E-state index in [4.69, 9.17) is 0 Å². The standard InChI is InChI=1S/C19H21F3N4O/c1-12-6-5-9-26(11-12)17-10-16(23-13(2)24-17)18(27)25-15-8-4-3-7-14(15)19(20,21)22/h3-4,7-8,10,12H,5-6,9,11H2,1-2H3,(H,25,27). The number of aryl methyl sites for hydroxylation is 1. The number of carbonyl (C=O) groups is 1. The number of rotatable bonds is 3. The van der Waals surface area contributed by atoms with Crippen molar-refractivity contribution in [3.05, 3.63) is 47.4 Å². The molecule has 2 heterocycles. The highest BCUT2D eigenvalue weighted by molar-refractivity contribution is 6.03. The van der Waals surface area contributed by atoms with Gasteiger partial charge in [0.05, 0.1) is 11.3 Å². The van der Waals surface area contributed by atoms with Crippen LogP contribution in [0, 0.1) is 12.8 Å². The van der Waals surface area contributed by atoms with Gasteiger partial charge < -0.3 is 10.2 Å². The number of para-hydroxylation sites is 1. The number of benzene rings is 1. The Bertz CT molecular complexity index is 838. The monoisotopic (exact) mass is 378 g/mol. The van der Waals surface area contributed by atoms with Crippen LogP contribution in [-0.4, -0.2) is 29.0 Å². The van der Waals surface area contributed by atoms with Crippen molar-refractivity contribution in [2.45, 2.75) is 32.9 Å². The number of carbonyl (C=O) groups excluding carboxylic acids is 1. The van der Waals surface area contributed by atoms with Crippen molar-refractivity contribution in [1.82, 2.24) is 9.97 Å². The van der Waals surface area contributed by atoms with Gasteiger partial charge >= 0.3 is 6.18 Å². The van der Waals surface area contributed by atoms with E-state index >= 15 is 0 Å². The number of halogens is 3. The Hall–Kier alpha value is -2.64. The predicted molar refractivity (Wildman–Crippen MR) is 96.8 cm³/mol. The SMILES string of the molecule is Cc1nc(C(=O)Nc2ccccc2C(F)(F)F)cc(N2CCCC(C)C2)n1. The summed E-state index contributed by atoms with van der Waals surface area (Å²) in [4.78, 5) is 23.1. The maximum absolute atomic E-state index is 13.1. The molecule has 0 radical (unpaired) electrons. The quantitative estimate of drug-likeness (QED) is 0.866. The van der Waals surface area contributed by atoms with Gasteiger partial charge in [-0.25, -0.2) is 9.97 Å². The number of alkyl halides is 3. The van der Waals surface area contributed by atoms with E-state index in [9.17, 15) is 18.0 Å². The Labute approximate surface area is 155 Å². The van der Waals surface area contributed by atoms with Crippen molar-refractivity contribution in [3.63, 3.8) is 0 Å². The number of piperidine rings is 1. The summed E-state index contributed by atoms with van der Waals surface area (Å²) >= 11 is 0. The Balaban J connectivity index is 1.86. The molecule has 1 N–H and O–H groups in total. The fourth-order valence-electron chi connectivity index (χ4n) is 3.25. The molecule has 1 unspecified atom stereocenters. The molecule has 144 valence electrons. The third-order valence-electron chi connectivity index (χ3n) is 4.52. The van der Waals surface area contributed by atoms with E-state index in [1.165, 1.54) is 24.3 Å². The van der Waals surface area contributed by atoms with Gasteiger partial charge in [-0.3, -0.25) is 4.79 Å². The molecule has 0 saturated carbocycles. The van der Waals surface area contributed by atoms with Crippen LogP contribution in [0.3, 0.4) is 0 Å². The second-order valence-corrected chi connectivity index (χ2v) is 6.85. The maximum atomic E-state index is 13.1. The van der Waals surface area contributed by atoms with Crippen LogP contribution >= 0.6 is 0 Å². The smallest absolute Gasteiger partial charge is 0.356 e. The molecule has 1 aliphatic heterocycles. The van der Waals surface area contributed by atoms with Crippen molar-refractivity contribution in [2.75, 3.05) is 23.3 Å². The minimum atomic E-state index is -4.55. The van der Waals surface area contributed by atoms with Crippen LogP contribution in [0.1, 0.15) is 41.6 Å². The number of aromatic nitrogens is 2. The number of hydrogen-bond donors (Lipinski definition) is 1. The van der Waals surface area contributed by atoms with E-state index < -0.39 is 17.6 Å². The van der Waals surface area contributed by atoms with E-state index in [1.54, 1.807) is 6.92 Å². The van der Waals surface area contributed by atoms with Gasteiger partial charge in [0.25, 0.3) is 5.91 Å². The maximum Gasteiger partial charge on any atom is 0.418 e. The van der Waals surface area contributed by atoms with Crippen LogP contribution in [-0.2, 0) is 6.18 Å². The molecule has 0 bridgehead atoms. The number of hydrogen-bond acceptors (Lipinski definition) is 4. The molecule has 1 aromatic heterocycles. The van der Waals surface area contributed by atoms with Crippen LogP contribution in [0.5, 0.6) is 0 Å². The lowest BCUT2D eigenvalue weighted by atomic mass is 10.0. The molecule has 3 rings (SSSR count). The Morgan fingerprint density at radius 2 is 2.00 bits per heavy atom. The highest BCUT2D eigenvalue weighted by Crippen LogP contribution is 2.34. The number of anilines is 2. The molecule has 5 nitrogen and oxygen atoms in total. The fraction of sp³-hybridized carbons (Fsp3) is 0.421. The van der Waals surface area contributed by atoms with Gasteiger partial charge in [0, 0.05) is 19.2 Å². The summed E-state index contributed by atoms with van der Waals surface area (Å²) in [6.07, 6.45) is -2.38.